The van der Waals surface area contributed by atoms with E-state index in [2.05, 4.69) is 17.0 Å². The summed E-state index contributed by atoms with van der Waals surface area (Å²) in [6.45, 7) is 5.48. The lowest BCUT2D eigenvalue weighted by molar-refractivity contribution is -0.0606. The number of nitrogens with one attached hydrogen (secondary N) is 1. The van der Waals surface area contributed by atoms with E-state index in [1.165, 1.54) is 0 Å². The molecule has 0 atom stereocenters. The van der Waals surface area contributed by atoms with Crippen LogP contribution in [-0.2, 0) is 4.84 Å². The highest BCUT2D eigenvalue weighted by molar-refractivity contribution is 6.03. The molecule has 2 aliphatic heterocycles. The predicted molar refractivity (Wildman–Crippen MR) is 91.0 cm³/mol. The molecular formula is C16H23ClN4O. The Balaban J connectivity index is 0.00000176. The Morgan fingerprint density at radius 1 is 1.32 bits per heavy atom. The zero-order valence-corrected chi connectivity index (χ0v) is 13.7. The molecule has 5 nitrogen and oxygen atoms in total. The number of halogens is 1. The first-order valence-corrected chi connectivity index (χ1v) is 7.54. The van der Waals surface area contributed by atoms with Crippen LogP contribution in [0.4, 0.5) is 0 Å². The van der Waals surface area contributed by atoms with Crippen LogP contribution in [-0.4, -0.2) is 41.7 Å². The van der Waals surface area contributed by atoms with E-state index in [-0.39, 0.29) is 23.8 Å². The van der Waals surface area contributed by atoms with Crippen LogP contribution in [0.3, 0.4) is 0 Å². The molecule has 0 saturated carbocycles. The van der Waals surface area contributed by atoms with Gasteiger partial charge in [-0.2, -0.15) is 0 Å². The second-order valence-corrected chi connectivity index (χ2v) is 5.91. The van der Waals surface area contributed by atoms with Gasteiger partial charge >= 0.3 is 0 Å². The maximum absolute atomic E-state index is 7.43. The molecule has 0 amide bonds. The largest absolute Gasteiger partial charge is 0.388 e. The number of benzene rings is 1. The van der Waals surface area contributed by atoms with Gasteiger partial charge in [0.1, 0.15) is 11.4 Å². The number of nitrogens with zero attached hydrogens (tertiary/aromatic N) is 2. The number of likely N-dealkylation sites (tertiary alicyclic amines) is 1. The molecule has 1 aromatic carbocycles. The smallest absolute Gasteiger partial charge is 0.145 e. The van der Waals surface area contributed by atoms with E-state index in [9.17, 15) is 0 Å². The molecule has 1 fully saturated rings. The predicted octanol–water partition coefficient (Wildman–Crippen LogP) is 2.37. The average molecular weight is 323 g/mol. The number of piperidine rings is 1. The number of hydrogen-bond acceptors (Lipinski definition) is 4. The van der Waals surface area contributed by atoms with Crippen molar-refractivity contribution in [1.29, 1.82) is 5.41 Å². The molecule has 3 N–H and O–H groups in total. The topological polar surface area (TPSA) is 74.7 Å². The van der Waals surface area contributed by atoms with E-state index in [0.717, 1.165) is 55.7 Å². The van der Waals surface area contributed by atoms with Gasteiger partial charge in [-0.15, -0.1) is 12.4 Å². The lowest BCUT2D eigenvalue weighted by Crippen LogP contribution is -2.44. The van der Waals surface area contributed by atoms with E-state index in [1.54, 1.807) is 0 Å². The normalized spacial score (nSPS) is 20.1. The Morgan fingerprint density at radius 2 is 1.95 bits per heavy atom. The van der Waals surface area contributed by atoms with Crippen molar-refractivity contribution in [2.45, 2.75) is 31.8 Å². The minimum Gasteiger partial charge on any atom is -0.388 e. The zero-order chi connectivity index (χ0) is 14.9. The van der Waals surface area contributed by atoms with E-state index in [1.807, 2.05) is 24.3 Å². The summed E-state index contributed by atoms with van der Waals surface area (Å²) in [6.07, 6.45) is 2.96. The van der Waals surface area contributed by atoms with Gasteiger partial charge in [-0.3, -0.25) is 5.41 Å². The van der Waals surface area contributed by atoms with Crippen molar-refractivity contribution in [2.24, 2.45) is 10.9 Å². The Labute approximate surface area is 137 Å². The number of nitrogens with two attached hydrogens (primary N) is 1. The highest BCUT2D eigenvalue weighted by Crippen LogP contribution is 2.36. The van der Waals surface area contributed by atoms with Gasteiger partial charge in [-0.05, 0) is 12.1 Å². The second-order valence-electron chi connectivity index (χ2n) is 5.91. The van der Waals surface area contributed by atoms with Gasteiger partial charge in [-0.1, -0.05) is 36.3 Å². The van der Waals surface area contributed by atoms with Crippen molar-refractivity contribution in [3.63, 3.8) is 0 Å². The van der Waals surface area contributed by atoms with E-state index in [4.69, 9.17) is 16.0 Å². The number of amidine groups is 1. The summed E-state index contributed by atoms with van der Waals surface area (Å²) in [5, 5.41) is 11.7. The van der Waals surface area contributed by atoms with Gasteiger partial charge < -0.3 is 15.5 Å². The third-order valence-electron chi connectivity index (χ3n) is 4.58. The van der Waals surface area contributed by atoms with E-state index >= 15 is 0 Å². The fourth-order valence-corrected chi connectivity index (χ4v) is 3.06. The highest BCUT2D eigenvalue weighted by Gasteiger charge is 2.41. The molecule has 1 saturated heterocycles. The quantitative estimate of drug-likeness (QED) is 0.662. The summed E-state index contributed by atoms with van der Waals surface area (Å²) in [5.41, 5.74) is 8.20. The molecule has 0 bridgehead atoms. The molecule has 2 heterocycles. The summed E-state index contributed by atoms with van der Waals surface area (Å²) in [5.74, 6) is 0.0922. The van der Waals surface area contributed by atoms with Crippen LogP contribution in [0.2, 0.25) is 0 Å². The van der Waals surface area contributed by atoms with Crippen LogP contribution in [0, 0.1) is 5.41 Å². The molecule has 1 spiro atoms. The highest BCUT2D eigenvalue weighted by atomic mass is 35.5. The van der Waals surface area contributed by atoms with Gasteiger partial charge in [0, 0.05) is 37.9 Å². The van der Waals surface area contributed by atoms with Crippen LogP contribution in [0.15, 0.2) is 29.4 Å². The monoisotopic (exact) mass is 322 g/mol. The third kappa shape index (κ3) is 3.25. The summed E-state index contributed by atoms with van der Waals surface area (Å²) >= 11 is 0. The average Bonchev–Trinajstić information content (AvgIpc) is 2.92. The van der Waals surface area contributed by atoms with Crippen LogP contribution in [0.5, 0.6) is 0 Å². The minimum absolute atomic E-state index is 0. The summed E-state index contributed by atoms with van der Waals surface area (Å²) < 4.78 is 0. The molecule has 0 aromatic heterocycles. The maximum atomic E-state index is 7.43. The Hall–Kier alpha value is -1.59. The van der Waals surface area contributed by atoms with Crippen LogP contribution < -0.4 is 5.73 Å². The number of hydrogen-bond donors (Lipinski definition) is 2. The summed E-state index contributed by atoms with van der Waals surface area (Å²) in [4.78, 5) is 8.27. The van der Waals surface area contributed by atoms with Gasteiger partial charge in [0.05, 0.1) is 5.71 Å². The Kier molecular flexibility index (Phi) is 5.08. The number of oxime groups is 1. The first-order chi connectivity index (χ1) is 10.1. The number of nitrogen functional groups attached to an aromatic ring is 1. The van der Waals surface area contributed by atoms with Gasteiger partial charge in [0.15, 0.2) is 0 Å². The Bertz CT molecular complexity index is 562. The van der Waals surface area contributed by atoms with E-state index < -0.39 is 0 Å². The number of rotatable bonds is 3. The summed E-state index contributed by atoms with van der Waals surface area (Å²) in [7, 11) is 0. The van der Waals surface area contributed by atoms with Crippen LogP contribution in [0.1, 0.15) is 37.3 Å². The SMILES string of the molecule is CCN1CCC2(CC1)CC(c1ccc(C(=N)N)cc1)=NO2.Cl. The third-order valence-corrected chi connectivity index (χ3v) is 4.58. The molecule has 2 aliphatic rings. The zero-order valence-electron chi connectivity index (χ0n) is 12.8. The summed E-state index contributed by atoms with van der Waals surface area (Å²) in [6, 6.07) is 7.67. The van der Waals surface area contributed by atoms with Crippen molar-refractivity contribution in [3.8, 4) is 0 Å². The standard InChI is InChI=1S/C16H22N4O.ClH/c1-2-20-9-7-16(8-10-20)11-14(19-21-16)12-3-5-13(6-4-12)15(17)18;/h3-6H,2,7-11H2,1H3,(H3,17,18);1H. The molecule has 1 aromatic rings. The fraction of sp³-hybridized carbons (Fsp3) is 0.500. The molecule has 22 heavy (non-hydrogen) atoms. The van der Waals surface area contributed by atoms with Crippen LogP contribution in [0.25, 0.3) is 0 Å². The second kappa shape index (κ2) is 6.67. The van der Waals surface area contributed by atoms with Crippen molar-refractivity contribution in [3.05, 3.63) is 35.4 Å². The molecular weight excluding hydrogens is 300 g/mol. The van der Waals surface area contributed by atoms with Crippen molar-refractivity contribution in [1.82, 2.24) is 4.90 Å². The minimum atomic E-state index is -0.0970. The van der Waals surface area contributed by atoms with Gasteiger partial charge in [0.25, 0.3) is 0 Å². The lowest BCUT2D eigenvalue weighted by atomic mass is 9.85. The van der Waals surface area contributed by atoms with Gasteiger partial charge in [0.2, 0.25) is 0 Å². The fourth-order valence-electron chi connectivity index (χ4n) is 3.06. The molecule has 120 valence electrons. The first kappa shape index (κ1) is 16.8. The van der Waals surface area contributed by atoms with Crippen LogP contribution >= 0.6 is 12.4 Å². The van der Waals surface area contributed by atoms with E-state index in [0.29, 0.717) is 0 Å². The maximum Gasteiger partial charge on any atom is 0.145 e. The molecule has 0 unspecified atom stereocenters. The first-order valence-electron chi connectivity index (χ1n) is 7.54. The van der Waals surface area contributed by atoms with Crippen molar-refractivity contribution in [2.75, 3.05) is 19.6 Å². The van der Waals surface area contributed by atoms with Crippen molar-refractivity contribution >= 4 is 24.0 Å². The molecule has 6 heteroatoms. The molecule has 0 radical (unpaired) electrons. The van der Waals surface area contributed by atoms with Crippen molar-refractivity contribution < 1.29 is 4.84 Å². The Morgan fingerprint density at radius 3 is 2.50 bits per heavy atom. The lowest BCUT2D eigenvalue weighted by Gasteiger charge is -2.36. The molecule has 0 aliphatic carbocycles. The molecule has 3 rings (SSSR count). The van der Waals surface area contributed by atoms with Gasteiger partial charge in [-0.25, -0.2) is 0 Å².